The molecule has 130 valence electrons. The van der Waals surface area contributed by atoms with Crippen LogP contribution in [0, 0.1) is 11.8 Å². The van der Waals surface area contributed by atoms with Crippen molar-refractivity contribution in [2.45, 2.75) is 25.7 Å². The van der Waals surface area contributed by atoms with Gasteiger partial charge in [0.05, 0.1) is 12.7 Å². The highest BCUT2D eigenvalue weighted by molar-refractivity contribution is 5.87. The number of carboxylic acids is 1. The van der Waals surface area contributed by atoms with Crippen LogP contribution in [0.3, 0.4) is 0 Å². The summed E-state index contributed by atoms with van der Waals surface area (Å²) in [5.41, 5.74) is 2.26. The Morgan fingerprint density at radius 2 is 1.76 bits per heavy atom. The topological polar surface area (TPSA) is 58.6 Å². The molecule has 0 amide bonds. The largest absolute Gasteiger partial charge is 0.497 e. The molecular weight excluding hydrogens is 314 g/mol. The molecule has 0 saturated heterocycles. The van der Waals surface area contributed by atoms with Crippen LogP contribution in [0.5, 0.6) is 5.75 Å². The van der Waals surface area contributed by atoms with Crippen LogP contribution in [0.4, 0.5) is 5.69 Å². The molecule has 0 spiro atoms. The maximum Gasteiger partial charge on any atom is 0.335 e. The number of carbonyl (C=O) groups is 1. The first-order valence-corrected chi connectivity index (χ1v) is 8.39. The van der Waals surface area contributed by atoms with E-state index in [2.05, 4.69) is 17.2 Å². The molecule has 25 heavy (non-hydrogen) atoms. The number of methoxy groups -OCH3 is 1. The molecule has 0 atom stereocenters. The van der Waals surface area contributed by atoms with Gasteiger partial charge in [0.1, 0.15) is 5.75 Å². The molecule has 2 aromatic carbocycles. The third-order valence-electron chi connectivity index (χ3n) is 3.76. The van der Waals surface area contributed by atoms with E-state index in [9.17, 15) is 4.79 Å². The van der Waals surface area contributed by atoms with Crippen molar-refractivity contribution >= 4 is 11.7 Å². The van der Waals surface area contributed by atoms with Gasteiger partial charge in [-0.2, -0.15) is 0 Å². The molecule has 0 unspecified atom stereocenters. The van der Waals surface area contributed by atoms with Gasteiger partial charge in [0, 0.05) is 24.2 Å². The zero-order valence-corrected chi connectivity index (χ0v) is 14.4. The maximum absolute atomic E-state index is 10.8. The molecule has 0 aliphatic heterocycles. The predicted octanol–water partition coefficient (Wildman–Crippen LogP) is 4.42. The fraction of sp³-hybridized carbons (Fsp3) is 0.286. The third-order valence-corrected chi connectivity index (χ3v) is 3.76. The van der Waals surface area contributed by atoms with Gasteiger partial charge in [-0.3, -0.25) is 0 Å². The molecule has 0 aromatic heterocycles. The predicted molar refractivity (Wildman–Crippen MR) is 100 cm³/mol. The van der Waals surface area contributed by atoms with E-state index in [1.54, 1.807) is 31.4 Å². The van der Waals surface area contributed by atoms with Crippen molar-refractivity contribution in [1.82, 2.24) is 0 Å². The van der Waals surface area contributed by atoms with E-state index in [-0.39, 0.29) is 0 Å². The lowest BCUT2D eigenvalue weighted by molar-refractivity contribution is 0.0697. The zero-order chi connectivity index (χ0) is 17.9. The van der Waals surface area contributed by atoms with E-state index in [0.717, 1.165) is 49.2 Å². The Morgan fingerprint density at radius 1 is 1.04 bits per heavy atom. The fourth-order valence-electron chi connectivity index (χ4n) is 2.32. The van der Waals surface area contributed by atoms with E-state index < -0.39 is 5.97 Å². The van der Waals surface area contributed by atoms with Crippen LogP contribution < -0.4 is 10.1 Å². The Kier molecular flexibility index (Phi) is 7.40. The van der Waals surface area contributed by atoms with Crippen LogP contribution in [0.1, 0.15) is 41.6 Å². The van der Waals surface area contributed by atoms with Crippen molar-refractivity contribution < 1.29 is 14.6 Å². The van der Waals surface area contributed by atoms with Crippen molar-refractivity contribution in [2.75, 3.05) is 19.0 Å². The number of rotatable bonds is 8. The number of carboxylic acid groups (broad SMARTS) is 1. The molecule has 2 aromatic rings. The molecule has 4 nitrogen and oxygen atoms in total. The number of benzene rings is 2. The van der Waals surface area contributed by atoms with Crippen molar-refractivity contribution in [3.8, 4) is 17.6 Å². The molecule has 2 N–H and O–H groups in total. The van der Waals surface area contributed by atoms with Crippen molar-refractivity contribution in [2.24, 2.45) is 0 Å². The van der Waals surface area contributed by atoms with E-state index in [0.29, 0.717) is 5.56 Å². The average molecular weight is 337 g/mol. The SMILES string of the molecule is COc1ccc(C#CCCCCCNc2ccc(C(=O)O)cc2)cc1. The number of hydrogen-bond acceptors (Lipinski definition) is 3. The minimum absolute atomic E-state index is 0.306. The number of aromatic carboxylic acids is 1. The summed E-state index contributed by atoms with van der Waals surface area (Å²) in [5.74, 6) is 6.30. The number of unbranched alkanes of at least 4 members (excludes halogenated alkanes) is 3. The standard InChI is InChI=1S/C21H23NO3/c1-25-20-14-8-17(9-15-20)7-5-3-2-4-6-16-22-19-12-10-18(11-13-19)21(23)24/h8-15,22H,2-4,6,16H2,1H3,(H,23,24). The summed E-state index contributed by atoms with van der Waals surface area (Å²) in [6, 6.07) is 14.6. The summed E-state index contributed by atoms with van der Waals surface area (Å²) in [5, 5.41) is 12.1. The fourth-order valence-corrected chi connectivity index (χ4v) is 2.32. The summed E-state index contributed by atoms with van der Waals surface area (Å²) >= 11 is 0. The molecule has 0 radical (unpaired) electrons. The number of hydrogen-bond donors (Lipinski definition) is 2. The van der Waals surface area contributed by atoms with Gasteiger partial charge >= 0.3 is 5.97 Å². The normalized spacial score (nSPS) is 9.80. The Bertz CT molecular complexity index is 724. The highest BCUT2D eigenvalue weighted by Gasteiger charge is 2.00. The van der Waals surface area contributed by atoms with Gasteiger partial charge in [0.15, 0.2) is 0 Å². The minimum Gasteiger partial charge on any atom is -0.497 e. The van der Waals surface area contributed by atoms with Gasteiger partial charge in [-0.25, -0.2) is 4.79 Å². The molecule has 4 heteroatoms. The second-order valence-corrected chi connectivity index (χ2v) is 5.65. The monoisotopic (exact) mass is 337 g/mol. The van der Waals surface area contributed by atoms with E-state index in [1.165, 1.54) is 0 Å². The smallest absolute Gasteiger partial charge is 0.335 e. The van der Waals surface area contributed by atoms with Crippen LogP contribution in [0.15, 0.2) is 48.5 Å². The van der Waals surface area contributed by atoms with Crippen LogP contribution in [0.25, 0.3) is 0 Å². The van der Waals surface area contributed by atoms with E-state index >= 15 is 0 Å². The minimum atomic E-state index is -0.901. The number of anilines is 1. The van der Waals surface area contributed by atoms with Crippen LogP contribution in [-0.2, 0) is 0 Å². The number of ether oxygens (including phenoxy) is 1. The van der Waals surface area contributed by atoms with Gasteiger partial charge in [-0.15, -0.1) is 0 Å². The average Bonchev–Trinajstić information content (AvgIpc) is 2.64. The lowest BCUT2D eigenvalue weighted by atomic mass is 10.1. The maximum atomic E-state index is 10.8. The molecular formula is C21H23NO3. The van der Waals surface area contributed by atoms with Crippen LogP contribution in [-0.4, -0.2) is 24.7 Å². The van der Waals surface area contributed by atoms with Gasteiger partial charge in [-0.1, -0.05) is 18.3 Å². The molecule has 0 aliphatic rings. The number of nitrogens with one attached hydrogen (secondary N) is 1. The summed E-state index contributed by atoms with van der Waals surface area (Å²) in [6.07, 6.45) is 4.13. The van der Waals surface area contributed by atoms with Crippen molar-refractivity contribution in [3.05, 3.63) is 59.7 Å². The zero-order valence-electron chi connectivity index (χ0n) is 14.4. The lowest BCUT2D eigenvalue weighted by Crippen LogP contribution is -2.02. The first-order valence-electron chi connectivity index (χ1n) is 8.39. The molecule has 2 rings (SSSR count). The van der Waals surface area contributed by atoms with Crippen LogP contribution >= 0.6 is 0 Å². The van der Waals surface area contributed by atoms with E-state index in [4.69, 9.17) is 9.84 Å². The van der Waals surface area contributed by atoms with Gasteiger partial charge in [-0.05, 0) is 61.4 Å². The summed E-state index contributed by atoms with van der Waals surface area (Å²) in [7, 11) is 1.65. The first kappa shape index (κ1) is 18.4. The quantitative estimate of drug-likeness (QED) is 0.553. The molecule has 0 heterocycles. The lowest BCUT2D eigenvalue weighted by Gasteiger charge is -2.06. The first-order chi connectivity index (χ1) is 12.2. The summed E-state index contributed by atoms with van der Waals surface area (Å²) in [6.45, 7) is 0.873. The van der Waals surface area contributed by atoms with E-state index in [1.807, 2.05) is 24.3 Å². The van der Waals surface area contributed by atoms with Gasteiger partial charge < -0.3 is 15.2 Å². The Hall–Kier alpha value is -2.93. The highest BCUT2D eigenvalue weighted by Crippen LogP contribution is 2.11. The Balaban J connectivity index is 1.59. The molecule has 0 aliphatic carbocycles. The molecule has 0 bridgehead atoms. The summed E-state index contributed by atoms with van der Waals surface area (Å²) < 4.78 is 5.12. The second-order valence-electron chi connectivity index (χ2n) is 5.65. The van der Waals surface area contributed by atoms with Crippen molar-refractivity contribution in [1.29, 1.82) is 0 Å². The highest BCUT2D eigenvalue weighted by atomic mass is 16.5. The Morgan fingerprint density at radius 3 is 2.40 bits per heavy atom. The summed E-state index contributed by atoms with van der Waals surface area (Å²) in [4.78, 5) is 10.8. The van der Waals surface area contributed by atoms with Crippen LogP contribution in [0.2, 0.25) is 0 Å². The van der Waals surface area contributed by atoms with Gasteiger partial charge in [0.2, 0.25) is 0 Å². The second kappa shape index (κ2) is 10.0. The van der Waals surface area contributed by atoms with Gasteiger partial charge in [0.25, 0.3) is 0 Å². The molecule has 0 fully saturated rings. The van der Waals surface area contributed by atoms with Crippen molar-refractivity contribution in [3.63, 3.8) is 0 Å². The third kappa shape index (κ3) is 6.60. The molecule has 0 saturated carbocycles. The Labute approximate surface area is 148 Å².